The lowest BCUT2D eigenvalue weighted by Gasteiger charge is -2.12. The monoisotopic (exact) mass is 246 g/mol. The molecule has 0 aromatic heterocycles. The molecule has 0 aliphatic carbocycles. The summed E-state index contributed by atoms with van der Waals surface area (Å²) in [6.45, 7) is 1.97. The Balaban J connectivity index is 2.93. The van der Waals surface area contributed by atoms with Crippen molar-refractivity contribution in [1.82, 2.24) is 0 Å². The third kappa shape index (κ3) is 3.02. The van der Waals surface area contributed by atoms with Gasteiger partial charge in [0.1, 0.15) is 5.82 Å². The van der Waals surface area contributed by atoms with Gasteiger partial charge in [0.2, 0.25) is 0 Å². The molecule has 3 nitrogen and oxygen atoms in total. The van der Waals surface area contributed by atoms with Crippen LogP contribution < -0.4 is 0 Å². The lowest BCUT2D eigenvalue weighted by molar-refractivity contribution is 0.194. The highest BCUT2D eigenvalue weighted by Gasteiger charge is 2.23. The molecule has 0 aliphatic rings. The predicted molar refractivity (Wildman–Crippen MR) is 59.5 cm³/mol. The van der Waals surface area contributed by atoms with Crippen molar-refractivity contribution in [2.75, 3.05) is 13.7 Å². The average molecular weight is 246 g/mol. The van der Waals surface area contributed by atoms with Crippen LogP contribution in [0.15, 0.2) is 29.2 Å². The van der Waals surface area contributed by atoms with E-state index in [2.05, 4.69) is 0 Å². The van der Waals surface area contributed by atoms with Gasteiger partial charge in [0, 0.05) is 13.7 Å². The predicted octanol–water partition coefficient (Wildman–Crippen LogP) is 2.02. The maximum Gasteiger partial charge on any atom is 0.181 e. The van der Waals surface area contributed by atoms with Crippen LogP contribution in [0.1, 0.15) is 13.3 Å². The average Bonchev–Trinajstić information content (AvgIpc) is 2.25. The standard InChI is InChI=1S/C11H15FO3S/c1-9(6-7-15-2)16(13,14)11-5-3-4-10(12)8-11/h3-5,8-9H,6-7H2,1-2H3. The lowest BCUT2D eigenvalue weighted by Crippen LogP contribution is -2.19. The van der Waals surface area contributed by atoms with Crippen LogP contribution in [0, 0.1) is 5.82 Å². The molecular formula is C11H15FO3S. The van der Waals surface area contributed by atoms with E-state index in [9.17, 15) is 12.8 Å². The minimum Gasteiger partial charge on any atom is -0.385 e. The SMILES string of the molecule is COCCC(C)S(=O)(=O)c1cccc(F)c1. The van der Waals surface area contributed by atoms with E-state index in [1.54, 1.807) is 6.92 Å². The van der Waals surface area contributed by atoms with Crippen molar-refractivity contribution in [3.05, 3.63) is 30.1 Å². The highest BCUT2D eigenvalue weighted by atomic mass is 32.2. The molecule has 0 aliphatic heterocycles. The molecule has 1 aromatic carbocycles. The molecule has 0 saturated carbocycles. The highest BCUT2D eigenvalue weighted by molar-refractivity contribution is 7.92. The van der Waals surface area contributed by atoms with Crippen LogP contribution in [0.3, 0.4) is 0 Å². The number of sulfone groups is 1. The topological polar surface area (TPSA) is 43.4 Å². The van der Waals surface area contributed by atoms with Crippen molar-refractivity contribution in [2.24, 2.45) is 0 Å². The zero-order valence-electron chi connectivity index (χ0n) is 9.31. The fourth-order valence-electron chi connectivity index (χ4n) is 1.32. The summed E-state index contributed by atoms with van der Waals surface area (Å²) in [6, 6.07) is 5.06. The molecule has 5 heteroatoms. The largest absolute Gasteiger partial charge is 0.385 e. The molecule has 0 saturated heterocycles. The van der Waals surface area contributed by atoms with Crippen molar-refractivity contribution in [1.29, 1.82) is 0 Å². The molecule has 1 rings (SSSR count). The van der Waals surface area contributed by atoms with Crippen molar-refractivity contribution in [3.8, 4) is 0 Å². The van der Waals surface area contributed by atoms with E-state index in [-0.39, 0.29) is 4.90 Å². The minimum absolute atomic E-state index is 0.0242. The van der Waals surface area contributed by atoms with Crippen molar-refractivity contribution < 1.29 is 17.5 Å². The van der Waals surface area contributed by atoms with Gasteiger partial charge in [-0.3, -0.25) is 0 Å². The van der Waals surface area contributed by atoms with Crippen molar-refractivity contribution in [2.45, 2.75) is 23.5 Å². The summed E-state index contributed by atoms with van der Waals surface area (Å²) in [6.07, 6.45) is 0.398. The Morgan fingerprint density at radius 3 is 2.69 bits per heavy atom. The van der Waals surface area contributed by atoms with Gasteiger partial charge in [-0.05, 0) is 31.5 Å². The molecule has 1 unspecified atom stereocenters. The van der Waals surface area contributed by atoms with E-state index in [1.807, 2.05) is 0 Å². The van der Waals surface area contributed by atoms with Crippen LogP contribution in [0.4, 0.5) is 4.39 Å². The van der Waals surface area contributed by atoms with Crippen molar-refractivity contribution in [3.63, 3.8) is 0 Å². The van der Waals surface area contributed by atoms with Gasteiger partial charge in [0.15, 0.2) is 9.84 Å². The first kappa shape index (κ1) is 13.1. The van der Waals surface area contributed by atoms with Gasteiger partial charge in [0.25, 0.3) is 0 Å². The quantitative estimate of drug-likeness (QED) is 0.798. The summed E-state index contributed by atoms with van der Waals surface area (Å²) >= 11 is 0. The molecule has 0 fully saturated rings. The second-order valence-corrected chi connectivity index (χ2v) is 5.96. The van der Waals surface area contributed by atoms with Crippen LogP contribution >= 0.6 is 0 Å². The molecule has 0 radical (unpaired) electrons. The first-order chi connectivity index (χ1) is 7.48. The molecule has 0 N–H and O–H groups in total. The first-order valence-electron chi connectivity index (χ1n) is 4.97. The fraction of sp³-hybridized carbons (Fsp3) is 0.455. The lowest BCUT2D eigenvalue weighted by atomic mass is 10.3. The van der Waals surface area contributed by atoms with Crippen LogP contribution in [-0.2, 0) is 14.6 Å². The van der Waals surface area contributed by atoms with E-state index < -0.39 is 20.9 Å². The Labute approximate surface area is 95.2 Å². The third-order valence-electron chi connectivity index (χ3n) is 2.38. The summed E-state index contributed by atoms with van der Waals surface area (Å²) < 4.78 is 41.7. The summed E-state index contributed by atoms with van der Waals surface area (Å²) in [5.74, 6) is -0.542. The summed E-state index contributed by atoms with van der Waals surface area (Å²) in [7, 11) is -1.94. The molecule has 0 heterocycles. The Morgan fingerprint density at radius 2 is 2.12 bits per heavy atom. The summed E-state index contributed by atoms with van der Waals surface area (Å²) in [5.41, 5.74) is 0. The number of hydrogen-bond acceptors (Lipinski definition) is 3. The Bertz CT molecular complexity index is 442. The van der Waals surface area contributed by atoms with Crippen LogP contribution in [0.25, 0.3) is 0 Å². The molecule has 1 aromatic rings. The van der Waals surface area contributed by atoms with Gasteiger partial charge in [-0.2, -0.15) is 0 Å². The zero-order valence-corrected chi connectivity index (χ0v) is 10.1. The van der Waals surface area contributed by atoms with Gasteiger partial charge in [-0.15, -0.1) is 0 Å². The molecule has 1 atom stereocenters. The normalized spacial score (nSPS) is 13.7. The van der Waals surface area contributed by atoms with Gasteiger partial charge in [-0.25, -0.2) is 12.8 Å². The number of halogens is 1. The zero-order chi connectivity index (χ0) is 12.2. The second-order valence-electron chi connectivity index (χ2n) is 3.59. The number of methoxy groups -OCH3 is 1. The van der Waals surface area contributed by atoms with Crippen LogP contribution in [-0.4, -0.2) is 27.4 Å². The van der Waals surface area contributed by atoms with E-state index in [1.165, 1.54) is 25.3 Å². The molecule has 0 spiro atoms. The van der Waals surface area contributed by atoms with Crippen molar-refractivity contribution >= 4 is 9.84 Å². The van der Waals surface area contributed by atoms with Gasteiger partial charge >= 0.3 is 0 Å². The molecule has 0 amide bonds. The van der Waals surface area contributed by atoms with Crippen LogP contribution in [0.5, 0.6) is 0 Å². The molecular weight excluding hydrogens is 231 g/mol. The smallest absolute Gasteiger partial charge is 0.181 e. The highest BCUT2D eigenvalue weighted by Crippen LogP contribution is 2.18. The van der Waals surface area contributed by atoms with Gasteiger partial charge in [-0.1, -0.05) is 6.07 Å². The van der Waals surface area contributed by atoms with Gasteiger partial charge in [0.05, 0.1) is 10.1 Å². The summed E-state index contributed by atoms with van der Waals surface area (Å²) in [4.78, 5) is 0.0242. The summed E-state index contributed by atoms with van der Waals surface area (Å²) in [5, 5.41) is -0.575. The van der Waals surface area contributed by atoms with Gasteiger partial charge < -0.3 is 4.74 Å². The number of ether oxygens (including phenoxy) is 1. The molecule has 0 bridgehead atoms. The third-order valence-corrected chi connectivity index (χ3v) is 4.59. The molecule has 90 valence electrons. The number of hydrogen-bond donors (Lipinski definition) is 0. The number of benzene rings is 1. The van der Waals surface area contributed by atoms with E-state index in [4.69, 9.17) is 4.74 Å². The first-order valence-corrected chi connectivity index (χ1v) is 6.51. The molecule has 16 heavy (non-hydrogen) atoms. The van der Waals surface area contributed by atoms with E-state index >= 15 is 0 Å². The maximum atomic E-state index is 12.9. The maximum absolute atomic E-state index is 12.9. The van der Waals surface area contributed by atoms with Crippen LogP contribution in [0.2, 0.25) is 0 Å². The Hall–Kier alpha value is -0.940. The number of rotatable bonds is 5. The fourth-order valence-corrected chi connectivity index (χ4v) is 2.73. The second kappa shape index (κ2) is 5.41. The van der Waals surface area contributed by atoms with E-state index in [0.717, 1.165) is 6.07 Å². The minimum atomic E-state index is -3.45. The van der Waals surface area contributed by atoms with E-state index in [0.29, 0.717) is 13.0 Å². The Morgan fingerprint density at radius 1 is 1.44 bits per heavy atom. The Kier molecular flexibility index (Phi) is 4.44.